The van der Waals surface area contributed by atoms with Gasteiger partial charge in [0.2, 0.25) is 5.88 Å². The Hall–Kier alpha value is -1.45. The van der Waals surface area contributed by atoms with E-state index in [9.17, 15) is 0 Å². The number of nitrogens with two attached hydrogens (primary N) is 1. The highest BCUT2D eigenvalue weighted by atomic mass is 16.5. The van der Waals surface area contributed by atoms with Gasteiger partial charge in [-0.25, -0.2) is 0 Å². The molecule has 1 saturated carbocycles. The van der Waals surface area contributed by atoms with E-state index in [1.807, 2.05) is 12.1 Å². The Morgan fingerprint density at radius 3 is 2.76 bits per heavy atom. The first kappa shape index (κ1) is 12.0. The molecule has 0 aromatic carbocycles. The highest BCUT2D eigenvalue weighted by molar-refractivity contribution is 5.53. The predicted octanol–water partition coefficient (Wildman–Crippen LogP) is 2.66. The lowest BCUT2D eigenvalue weighted by molar-refractivity contribution is 0.400. The monoisotopic (exact) mass is 235 g/mol. The molecule has 0 saturated heterocycles. The summed E-state index contributed by atoms with van der Waals surface area (Å²) in [4.78, 5) is 4.34. The van der Waals surface area contributed by atoms with Crippen LogP contribution >= 0.6 is 0 Å². The first-order valence-electron chi connectivity index (χ1n) is 6.27. The van der Waals surface area contributed by atoms with Crippen LogP contribution in [-0.2, 0) is 0 Å². The molecular weight excluding hydrogens is 214 g/mol. The molecule has 1 aromatic rings. The summed E-state index contributed by atoms with van der Waals surface area (Å²) in [6.45, 7) is 2.22. The molecule has 2 rings (SSSR count). The normalized spacial score (nSPS) is 18.0. The maximum absolute atomic E-state index is 5.74. The van der Waals surface area contributed by atoms with E-state index in [0.29, 0.717) is 17.6 Å². The first-order chi connectivity index (χ1) is 8.20. The van der Waals surface area contributed by atoms with Gasteiger partial charge in [-0.2, -0.15) is 4.98 Å². The van der Waals surface area contributed by atoms with Gasteiger partial charge in [-0.3, -0.25) is 0 Å². The van der Waals surface area contributed by atoms with Gasteiger partial charge in [0.05, 0.1) is 12.8 Å². The van der Waals surface area contributed by atoms with Crippen LogP contribution < -0.4 is 15.8 Å². The summed E-state index contributed by atoms with van der Waals surface area (Å²) in [6.07, 6.45) is 5.35. The number of hydrogen-bond donors (Lipinski definition) is 2. The molecule has 4 nitrogen and oxygen atoms in total. The van der Waals surface area contributed by atoms with Gasteiger partial charge in [0, 0.05) is 6.04 Å². The second-order valence-corrected chi connectivity index (χ2v) is 4.77. The molecule has 0 aliphatic heterocycles. The molecule has 0 bridgehead atoms. The molecule has 1 unspecified atom stereocenters. The van der Waals surface area contributed by atoms with Crippen molar-refractivity contribution in [3.63, 3.8) is 0 Å². The van der Waals surface area contributed by atoms with Gasteiger partial charge in [0.15, 0.2) is 0 Å². The van der Waals surface area contributed by atoms with Gasteiger partial charge in [-0.05, 0) is 37.8 Å². The van der Waals surface area contributed by atoms with Crippen molar-refractivity contribution in [1.29, 1.82) is 0 Å². The summed E-state index contributed by atoms with van der Waals surface area (Å²) in [6, 6.07) is 4.19. The molecule has 17 heavy (non-hydrogen) atoms. The van der Waals surface area contributed by atoms with E-state index in [2.05, 4.69) is 17.2 Å². The molecular formula is C13H21N3O. The zero-order chi connectivity index (χ0) is 12.3. The highest BCUT2D eigenvalue weighted by Crippen LogP contribution is 2.29. The Labute approximate surface area is 103 Å². The maximum atomic E-state index is 5.74. The Bertz CT molecular complexity index is 375. The number of nitrogens with one attached hydrogen (secondary N) is 1. The number of aromatic nitrogens is 1. The molecule has 0 radical (unpaired) electrons. The molecule has 4 heteroatoms. The van der Waals surface area contributed by atoms with Crippen LogP contribution in [0.15, 0.2) is 12.1 Å². The van der Waals surface area contributed by atoms with E-state index < -0.39 is 0 Å². The Morgan fingerprint density at radius 1 is 1.41 bits per heavy atom. The van der Waals surface area contributed by atoms with E-state index in [-0.39, 0.29) is 0 Å². The summed E-state index contributed by atoms with van der Waals surface area (Å²) < 4.78 is 5.12. The maximum Gasteiger partial charge on any atom is 0.238 e. The van der Waals surface area contributed by atoms with Crippen LogP contribution in [0.4, 0.5) is 11.5 Å². The molecule has 1 aromatic heterocycles. The van der Waals surface area contributed by atoms with Crippen LogP contribution in [0.25, 0.3) is 0 Å². The van der Waals surface area contributed by atoms with E-state index in [0.717, 1.165) is 11.7 Å². The van der Waals surface area contributed by atoms with E-state index >= 15 is 0 Å². The molecule has 1 atom stereocenters. The molecule has 1 aliphatic carbocycles. The van der Waals surface area contributed by atoms with Gasteiger partial charge in [-0.1, -0.05) is 12.8 Å². The predicted molar refractivity (Wildman–Crippen MR) is 70.2 cm³/mol. The van der Waals surface area contributed by atoms with Crippen molar-refractivity contribution < 1.29 is 4.74 Å². The van der Waals surface area contributed by atoms with Crippen LogP contribution in [0.2, 0.25) is 0 Å². The van der Waals surface area contributed by atoms with Crippen molar-refractivity contribution in [2.75, 3.05) is 18.2 Å². The summed E-state index contributed by atoms with van der Waals surface area (Å²) in [7, 11) is 1.59. The van der Waals surface area contributed by atoms with Gasteiger partial charge in [0.25, 0.3) is 0 Å². The zero-order valence-electron chi connectivity index (χ0n) is 10.6. The Morgan fingerprint density at radius 2 is 2.12 bits per heavy atom. The SMILES string of the molecule is COc1nc(NC(C)C2CCCC2)ccc1N. The first-order valence-corrected chi connectivity index (χ1v) is 6.27. The third kappa shape index (κ3) is 2.81. The fourth-order valence-electron chi connectivity index (χ4n) is 2.50. The number of rotatable bonds is 4. The number of ether oxygens (including phenoxy) is 1. The van der Waals surface area contributed by atoms with E-state index in [1.54, 1.807) is 7.11 Å². The number of nitrogen functional groups attached to an aromatic ring is 1. The molecule has 0 spiro atoms. The third-order valence-corrected chi connectivity index (χ3v) is 3.57. The average molecular weight is 235 g/mol. The number of hydrogen-bond acceptors (Lipinski definition) is 4. The third-order valence-electron chi connectivity index (χ3n) is 3.57. The van der Waals surface area contributed by atoms with Crippen LogP contribution in [0.3, 0.4) is 0 Å². The van der Waals surface area contributed by atoms with Crippen molar-refractivity contribution in [1.82, 2.24) is 4.98 Å². The Balaban J connectivity index is 2.02. The van der Waals surface area contributed by atoms with Crippen LogP contribution in [-0.4, -0.2) is 18.1 Å². The van der Waals surface area contributed by atoms with Crippen LogP contribution in [0.5, 0.6) is 5.88 Å². The molecule has 1 aliphatic rings. The van der Waals surface area contributed by atoms with Crippen molar-refractivity contribution in [3.8, 4) is 5.88 Å². The van der Waals surface area contributed by atoms with Gasteiger partial charge >= 0.3 is 0 Å². The number of methoxy groups -OCH3 is 1. The minimum absolute atomic E-state index is 0.457. The lowest BCUT2D eigenvalue weighted by Crippen LogP contribution is -2.24. The number of anilines is 2. The lowest BCUT2D eigenvalue weighted by Gasteiger charge is -2.21. The quantitative estimate of drug-likeness (QED) is 0.842. The molecule has 94 valence electrons. The second-order valence-electron chi connectivity index (χ2n) is 4.77. The molecule has 1 fully saturated rings. The highest BCUT2D eigenvalue weighted by Gasteiger charge is 2.21. The summed E-state index contributed by atoms with van der Waals surface area (Å²) in [5.74, 6) is 2.10. The summed E-state index contributed by atoms with van der Waals surface area (Å²) >= 11 is 0. The fraction of sp³-hybridized carbons (Fsp3) is 0.615. The van der Waals surface area contributed by atoms with Crippen molar-refractivity contribution in [2.45, 2.75) is 38.6 Å². The average Bonchev–Trinajstić information content (AvgIpc) is 2.85. The fourth-order valence-corrected chi connectivity index (χ4v) is 2.50. The molecule has 3 N–H and O–H groups in total. The smallest absolute Gasteiger partial charge is 0.238 e. The van der Waals surface area contributed by atoms with Crippen LogP contribution in [0, 0.1) is 5.92 Å². The second kappa shape index (κ2) is 5.25. The zero-order valence-corrected chi connectivity index (χ0v) is 10.6. The molecule has 1 heterocycles. The largest absolute Gasteiger partial charge is 0.479 e. The standard InChI is InChI=1S/C13H21N3O/c1-9(10-5-3-4-6-10)15-12-8-7-11(14)13(16-12)17-2/h7-10H,3-6,14H2,1-2H3,(H,15,16). The molecule has 0 amide bonds. The summed E-state index contributed by atoms with van der Waals surface area (Å²) in [5, 5.41) is 3.44. The van der Waals surface area contributed by atoms with Crippen molar-refractivity contribution in [3.05, 3.63) is 12.1 Å². The van der Waals surface area contributed by atoms with Gasteiger partial charge in [0.1, 0.15) is 5.82 Å². The Kier molecular flexibility index (Phi) is 3.71. The minimum Gasteiger partial charge on any atom is -0.479 e. The summed E-state index contributed by atoms with van der Waals surface area (Å²) in [5.41, 5.74) is 6.31. The number of pyridine rings is 1. The van der Waals surface area contributed by atoms with Crippen LogP contribution in [0.1, 0.15) is 32.6 Å². The van der Waals surface area contributed by atoms with Crippen molar-refractivity contribution in [2.24, 2.45) is 5.92 Å². The minimum atomic E-state index is 0.457. The topological polar surface area (TPSA) is 60.2 Å². The van der Waals surface area contributed by atoms with Crippen molar-refractivity contribution >= 4 is 11.5 Å². The van der Waals surface area contributed by atoms with Gasteiger partial charge in [-0.15, -0.1) is 0 Å². The van der Waals surface area contributed by atoms with Gasteiger partial charge < -0.3 is 15.8 Å². The van der Waals surface area contributed by atoms with E-state index in [4.69, 9.17) is 10.5 Å². The number of nitrogens with zero attached hydrogens (tertiary/aromatic N) is 1. The lowest BCUT2D eigenvalue weighted by atomic mass is 10.00. The van der Waals surface area contributed by atoms with E-state index in [1.165, 1.54) is 25.7 Å².